The average molecular weight is 333 g/mol. The second-order valence-corrected chi connectivity index (χ2v) is 7.54. The minimum atomic E-state index is -0.213. The van der Waals surface area contributed by atoms with E-state index in [9.17, 15) is 9.59 Å². The highest BCUT2D eigenvalue weighted by atomic mass is 16.5. The fraction of sp³-hybridized carbons (Fsp3) is 0.722. The van der Waals surface area contributed by atoms with E-state index in [1.54, 1.807) is 6.07 Å². The number of hydrogen-bond donors (Lipinski definition) is 1. The quantitative estimate of drug-likeness (QED) is 0.853. The van der Waals surface area contributed by atoms with Gasteiger partial charge in [-0.2, -0.15) is 5.10 Å². The van der Waals surface area contributed by atoms with Crippen LogP contribution in [0.15, 0.2) is 10.9 Å². The first-order chi connectivity index (χ1) is 11.4. The first-order valence-electron chi connectivity index (χ1n) is 8.96. The lowest BCUT2D eigenvalue weighted by Gasteiger charge is -2.35. The Kier molecular flexibility index (Phi) is 5.04. The predicted octanol–water partition coefficient (Wildman–Crippen LogP) is 1.59. The lowest BCUT2D eigenvalue weighted by molar-refractivity contribution is -0.124. The Labute approximate surface area is 142 Å². The van der Waals surface area contributed by atoms with Gasteiger partial charge in [0.05, 0.1) is 11.3 Å². The molecule has 0 unspecified atom stereocenters. The predicted molar refractivity (Wildman–Crippen MR) is 91.0 cm³/mol. The summed E-state index contributed by atoms with van der Waals surface area (Å²) in [5.74, 6) is -0.152. The van der Waals surface area contributed by atoms with Crippen molar-refractivity contribution in [3.63, 3.8) is 0 Å². The van der Waals surface area contributed by atoms with E-state index in [1.807, 2.05) is 13.8 Å². The van der Waals surface area contributed by atoms with Crippen molar-refractivity contribution in [2.75, 3.05) is 6.61 Å². The number of amides is 1. The van der Waals surface area contributed by atoms with Gasteiger partial charge < -0.3 is 10.1 Å². The highest BCUT2D eigenvalue weighted by Gasteiger charge is 2.29. The number of hydrogen-bond acceptors (Lipinski definition) is 4. The number of nitrogens with one attached hydrogen (secondary N) is 1. The number of aromatic nitrogens is 2. The van der Waals surface area contributed by atoms with Gasteiger partial charge in [0.1, 0.15) is 6.54 Å². The first kappa shape index (κ1) is 17.1. The third-order valence-electron chi connectivity index (χ3n) is 4.88. The molecule has 2 aliphatic rings. The van der Waals surface area contributed by atoms with Crippen molar-refractivity contribution in [1.82, 2.24) is 15.1 Å². The molecule has 3 rings (SSSR count). The Morgan fingerprint density at radius 1 is 1.38 bits per heavy atom. The van der Waals surface area contributed by atoms with Gasteiger partial charge in [0.2, 0.25) is 5.91 Å². The summed E-state index contributed by atoms with van der Waals surface area (Å²) in [6.07, 6.45) is 6.78. The Morgan fingerprint density at radius 2 is 2.17 bits per heavy atom. The van der Waals surface area contributed by atoms with Gasteiger partial charge in [0.25, 0.3) is 5.56 Å². The van der Waals surface area contributed by atoms with E-state index in [4.69, 9.17) is 4.74 Å². The molecule has 24 heavy (non-hydrogen) atoms. The minimum Gasteiger partial charge on any atom is -0.375 e. The lowest BCUT2D eigenvalue weighted by Crippen LogP contribution is -2.47. The van der Waals surface area contributed by atoms with Gasteiger partial charge in [0, 0.05) is 18.7 Å². The van der Waals surface area contributed by atoms with Crippen LogP contribution < -0.4 is 10.9 Å². The number of ether oxygens (including phenoxy) is 1. The molecule has 1 fully saturated rings. The van der Waals surface area contributed by atoms with Gasteiger partial charge >= 0.3 is 0 Å². The molecule has 132 valence electrons. The molecule has 0 spiro atoms. The van der Waals surface area contributed by atoms with E-state index in [2.05, 4.69) is 10.4 Å². The third kappa shape index (κ3) is 4.23. The molecule has 0 aromatic carbocycles. The van der Waals surface area contributed by atoms with Crippen LogP contribution in [0.2, 0.25) is 0 Å². The molecule has 1 amide bonds. The molecule has 6 nitrogen and oxygen atoms in total. The zero-order valence-corrected chi connectivity index (χ0v) is 14.6. The van der Waals surface area contributed by atoms with E-state index >= 15 is 0 Å². The Morgan fingerprint density at radius 3 is 2.96 bits per heavy atom. The molecule has 1 atom stereocenters. The van der Waals surface area contributed by atoms with Gasteiger partial charge in [-0.25, -0.2) is 4.68 Å². The molecular formula is C18H27N3O3. The smallest absolute Gasteiger partial charge is 0.267 e. The molecule has 0 radical (unpaired) electrons. The standard InChI is InChI=1S/C18H27N3O3/c1-18(2)11-14(8-9-24-18)19-16(22)12-21-17(23)10-13-6-4-3-5-7-15(13)20-21/h10,14H,3-9,11-12H2,1-2H3,(H,19,22)/t14-/m1/s1. The fourth-order valence-electron chi connectivity index (χ4n) is 3.66. The van der Waals surface area contributed by atoms with Gasteiger partial charge in [-0.05, 0) is 57.9 Å². The zero-order chi connectivity index (χ0) is 17.2. The topological polar surface area (TPSA) is 73.2 Å². The van der Waals surface area contributed by atoms with Crippen molar-refractivity contribution >= 4 is 5.91 Å². The van der Waals surface area contributed by atoms with Crippen LogP contribution in [-0.4, -0.2) is 33.9 Å². The number of aryl methyl sites for hydroxylation is 2. The largest absolute Gasteiger partial charge is 0.375 e. The SMILES string of the molecule is CC1(C)C[C@H](NC(=O)Cn2nc3c(cc2=O)CCCCC3)CCO1. The monoisotopic (exact) mass is 333 g/mol. The molecule has 1 saturated heterocycles. The normalized spacial score (nSPS) is 23.2. The summed E-state index contributed by atoms with van der Waals surface area (Å²) in [5.41, 5.74) is 1.64. The van der Waals surface area contributed by atoms with Crippen molar-refractivity contribution in [3.8, 4) is 0 Å². The molecule has 1 aliphatic carbocycles. The summed E-state index contributed by atoms with van der Waals surface area (Å²) in [6.45, 7) is 4.70. The first-order valence-corrected chi connectivity index (χ1v) is 8.96. The average Bonchev–Trinajstić information content (AvgIpc) is 2.71. The number of carbonyl (C=O) groups excluding carboxylic acids is 1. The number of rotatable bonds is 3. The molecule has 1 aromatic rings. The maximum atomic E-state index is 12.3. The van der Waals surface area contributed by atoms with E-state index in [0.29, 0.717) is 6.61 Å². The summed E-state index contributed by atoms with van der Waals surface area (Å²) < 4.78 is 6.98. The molecule has 1 aromatic heterocycles. The molecule has 0 saturated carbocycles. The maximum Gasteiger partial charge on any atom is 0.267 e. The zero-order valence-electron chi connectivity index (χ0n) is 14.6. The van der Waals surface area contributed by atoms with E-state index < -0.39 is 0 Å². The molecular weight excluding hydrogens is 306 g/mol. The van der Waals surface area contributed by atoms with E-state index in [-0.39, 0.29) is 29.7 Å². The summed E-state index contributed by atoms with van der Waals surface area (Å²) >= 11 is 0. The van der Waals surface area contributed by atoms with Crippen LogP contribution in [0.3, 0.4) is 0 Å². The summed E-state index contributed by atoms with van der Waals surface area (Å²) in [7, 11) is 0. The van der Waals surface area contributed by atoms with Crippen molar-refractivity contribution in [2.24, 2.45) is 0 Å². The van der Waals surface area contributed by atoms with Crippen LogP contribution in [-0.2, 0) is 28.9 Å². The van der Waals surface area contributed by atoms with Crippen LogP contribution in [0, 0.1) is 0 Å². The fourth-order valence-corrected chi connectivity index (χ4v) is 3.66. The number of fused-ring (bicyclic) bond motifs is 1. The number of nitrogens with zero attached hydrogens (tertiary/aromatic N) is 2. The Hall–Kier alpha value is -1.69. The lowest BCUT2D eigenvalue weighted by atomic mass is 9.94. The summed E-state index contributed by atoms with van der Waals surface area (Å²) in [5, 5.41) is 7.48. The van der Waals surface area contributed by atoms with Crippen LogP contribution in [0.1, 0.15) is 57.2 Å². The Balaban J connectivity index is 1.66. The summed E-state index contributed by atoms with van der Waals surface area (Å²) in [6, 6.07) is 1.76. The summed E-state index contributed by atoms with van der Waals surface area (Å²) in [4.78, 5) is 24.6. The van der Waals surface area contributed by atoms with Crippen LogP contribution in [0.25, 0.3) is 0 Å². The number of carbonyl (C=O) groups is 1. The highest BCUT2D eigenvalue weighted by Crippen LogP contribution is 2.23. The van der Waals surface area contributed by atoms with Gasteiger partial charge in [0.15, 0.2) is 0 Å². The molecule has 1 aliphatic heterocycles. The van der Waals surface area contributed by atoms with E-state index in [0.717, 1.165) is 49.8 Å². The molecule has 1 N–H and O–H groups in total. The highest BCUT2D eigenvalue weighted by molar-refractivity contribution is 5.75. The van der Waals surface area contributed by atoms with Crippen LogP contribution in [0.5, 0.6) is 0 Å². The van der Waals surface area contributed by atoms with Gasteiger partial charge in [-0.1, -0.05) is 6.42 Å². The molecule has 6 heteroatoms. The van der Waals surface area contributed by atoms with Crippen molar-refractivity contribution in [2.45, 2.75) is 77.0 Å². The van der Waals surface area contributed by atoms with Crippen molar-refractivity contribution in [3.05, 3.63) is 27.7 Å². The van der Waals surface area contributed by atoms with Crippen LogP contribution >= 0.6 is 0 Å². The van der Waals surface area contributed by atoms with Crippen molar-refractivity contribution in [1.29, 1.82) is 0 Å². The van der Waals surface area contributed by atoms with Crippen LogP contribution in [0.4, 0.5) is 0 Å². The van der Waals surface area contributed by atoms with Gasteiger partial charge in [-0.3, -0.25) is 9.59 Å². The Bertz CT molecular complexity index is 666. The minimum absolute atomic E-state index is 0.0100. The second-order valence-electron chi connectivity index (χ2n) is 7.54. The van der Waals surface area contributed by atoms with E-state index in [1.165, 1.54) is 11.1 Å². The van der Waals surface area contributed by atoms with Gasteiger partial charge in [-0.15, -0.1) is 0 Å². The third-order valence-corrected chi connectivity index (χ3v) is 4.88. The molecule has 0 bridgehead atoms. The van der Waals surface area contributed by atoms with Crippen molar-refractivity contribution < 1.29 is 9.53 Å². The second kappa shape index (κ2) is 7.05. The molecule has 2 heterocycles. The maximum absolute atomic E-state index is 12.3.